The molecular formula is C17H19N3O. The van der Waals surface area contributed by atoms with Crippen LogP contribution in [-0.4, -0.2) is 16.4 Å². The first-order valence-electron chi connectivity index (χ1n) is 7.65. The van der Waals surface area contributed by atoms with Gasteiger partial charge in [-0.1, -0.05) is 38.0 Å². The smallest absolute Gasteiger partial charge is 0.250 e. The van der Waals surface area contributed by atoms with E-state index in [2.05, 4.69) is 28.6 Å². The summed E-state index contributed by atoms with van der Waals surface area (Å²) in [4.78, 5) is 17.0. The second-order valence-corrected chi connectivity index (χ2v) is 6.43. The number of hydrogen-bond acceptors (Lipinski definition) is 3. The number of para-hydroxylation sites is 1. The van der Waals surface area contributed by atoms with Gasteiger partial charge in [-0.05, 0) is 24.8 Å². The Kier molecular flexibility index (Phi) is 2.67. The molecule has 1 aliphatic heterocycles. The third kappa shape index (κ3) is 1.89. The lowest BCUT2D eigenvalue weighted by atomic mass is 9.74. The van der Waals surface area contributed by atoms with E-state index in [1.54, 1.807) is 6.20 Å². The maximum atomic E-state index is 12.6. The fourth-order valence-corrected chi connectivity index (χ4v) is 3.78. The molecule has 1 spiro atoms. The molecule has 1 saturated carbocycles. The summed E-state index contributed by atoms with van der Waals surface area (Å²) >= 11 is 0. The number of pyridine rings is 1. The van der Waals surface area contributed by atoms with Gasteiger partial charge in [0.1, 0.15) is 5.54 Å². The molecule has 2 heterocycles. The highest BCUT2D eigenvalue weighted by atomic mass is 16.2. The van der Waals surface area contributed by atoms with Gasteiger partial charge in [-0.2, -0.15) is 0 Å². The van der Waals surface area contributed by atoms with Crippen molar-refractivity contribution in [3.8, 4) is 0 Å². The Labute approximate surface area is 124 Å². The Morgan fingerprint density at radius 2 is 2.19 bits per heavy atom. The zero-order valence-corrected chi connectivity index (χ0v) is 12.1. The average Bonchev–Trinajstić information content (AvgIpc) is 2.49. The fourth-order valence-electron chi connectivity index (χ4n) is 3.78. The summed E-state index contributed by atoms with van der Waals surface area (Å²) in [5, 5.41) is 7.73. The van der Waals surface area contributed by atoms with Crippen LogP contribution in [0.3, 0.4) is 0 Å². The number of benzene rings is 1. The van der Waals surface area contributed by atoms with Crippen molar-refractivity contribution in [2.45, 2.75) is 38.1 Å². The van der Waals surface area contributed by atoms with Crippen LogP contribution in [0, 0.1) is 5.92 Å². The first-order chi connectivity index (χ1) is 10.2. The molecule has 1 aliphatic carbocycles. The lowest BCUT2D eigenvalue weighted by Crippen LogP contribution is -2.54. The lowest BCUT2D eigenvalue weighted by Gasteiger charge is -2.43. The van der Waals surface area contributed by atoms with Crippen LogP contribution in [0.4, 0.5) is 11.4 Å². The number of anilines is 2. The van der Waals surface area contributed by atoms with E-state index in [4.69, 9.17) is 0 Å². The van der Waals surface area contributed by atoms with Gasteiger partial charge in [0.05, 0.1) is 23.1 Å². The molecule has 2 aliphatic rings. The second kappa shape index (κ2) is 4.45. The third-order valence-electron chi connectivity index (χ3n) is 4.82. The van der Waals surface area contributed by atoms with Crippen LogP contribution >= 0.6 is 0 Å². The molecule has 4 heteroatoms. The van der Waals surface area contributed by atoms with Crippen molar-refractivity contribution in [2.24, 2.45) is 5.92 Å². The predicted octanol–water partition coefficient (Wildman–Crippen LogP) is 3.55. The molecule has 4 rings (SSSR count). The van der Waals surface area contributed by atoms with Crippen molar-refractivity contribution in [1.29, 1.82) is 0 Å². The van der Waals surface area contributed by atoms with E-state index in [0.717, 1.165) is 41.5 Å². The molecule has 1 aromatic heterocycles. The highest BCUT2D eigenvalue weighted by Crippen LogP contribution is 2.42. The van der Waals surface area contributed by atoms with E-state index in [1.165, 1.54) is 6.42 Å². The van der Waals surface area contributed by atoms with Gasteiger partial charge in [0.15, 0.2) is 0 Å². The molecule has 2 aromatic rings. The maximum absolute atomic E-state index is 12.6. The van der Waals surface area contributed by atoms with E-state index in [1.807, 2.05) is 18.2 Å². The maximum Gasteiger partial charge on any atom is 0.250 e. The van der Waals surface area contributed by atoms with Crippen molar-refractivity contribution >= 4 is 28.2 Å². The van der Waals surface area contributed by atoms with Crippen LogP contribution in [0.25, 0.3) is 10.9 Å². The number of nitrogens with one attached hydrogen (secondary N) is 2. The van der Waals surface area contributed by atoms with Gasteiger partial charge < -0.3 is 10.6 Å². The van der Waals surface area contributed by atoms with Crippen molar-refractivity contribution in [3.05, 3.63) is 30.5 Å². The Morgan fingerprint density at radius 3 is 3.05 bits per heavy atom. The van der Waals surface area contributed by atoms with Gasteiger partial charge in [0.2, 0.25) is 5.91 Å². The van der Waals surface area contributed by atoms with E-state index in [0.29, 0.717) is 5.92 Å². The number of fused-ring (bicyclic) bond motifs is 3. The van der Waals surface area contributed by atoms with Crippen LogP contribution in [-0.2, 0) is 4.79 Å². The number of hydrogen-bond donors (Lipinski definition) is 2. The van der Waals surface area contributed by atoms with E-state index in [-0.39, 0.29) is 5.91 Å². The largest absolute Gasteiger partial charge is 0.369 e. The van der Waals surface area contributed by atoms with E-state index >= 15 is 0 Å². The SMILES string of the molecule is CC1CCCC2(C1)Nc1c(cnc3ccccc13)NC2=O. The first kappa shape index (κ1) is 12.6. The molecule has 21 heavy (non-hydrogen) atoms. The molecule has 0 bridgehead atoms. The second-order valence-electron chi connectivity index (χ2n) is 6.43. The van der Waals surface area contributed by atoms with Gasteiger partial charge in [-0.25, -0.2) is 0 Å². The number of carbonyl (C=O) groups excluding carboxylic acids is 1. The van der Waals surface area contributed by atoms with Crippen LogP contribution in [0.5, 0.6) is 0 Å². The fraction of sp³-hybridized carbons (Fsp3) is 0.412. The molecule has 1 aromatic carbocycles. The molecule has 108 valence electrons. The summed E-state index contributed by atoms with van der Waals surface area (Å²) in [5.74, 6) is 0.672. The van der Waals surface area contributed by atoms with Gasteiger partial charge in [0, 0.05) is 5.39 Å². The monoisotopic (exact) mass is 281 g/mol. The zero-order valence-electron chi connectivity index (χ0n) is 12.1. The van der Waals surface area contributed by atoms with Gasteiger partial charge in [-0.15, -0.1) is 0 Å². The topological polar surface area (TPSA) is 54.0 Å². The minimum absolute atomic E-state index is 0.0960. The van der Waals surface area contributed by atoms with Gasteiger partial charge >= 0.3 is 0 Å². The quantitative estimate of drug-likeness (QED) is 0.776. The third-order valence-corrected chi connectivity index (χ3v) is 4.82. The minimum Gasteiger partial charge on any atom is -0.369 e. The summed E-state index contributed by atoms with van der Waals surface area (Å²) in [5.41, 5.74) is 2.32. The molecule has 4 nitrogen and oxygen atoms in total. The zero-order chi connectivity index (χ0) is 14.4. The molecule has 2 N–H and O–H groups in total. The Balaban J connectivity index is 1.85. The van der Waals surface area contributed by atoms with Gasteiger partial charge in [-0.3, -0.25) is 9.78 Å². The molecule has 0 saturated heterocycles. The Morgan fingerprint density at radius 1 is 1.33 bits per heavy atom. The Hall–Kier alpha value is -2.10. The Bertz CT molecular complexity index is 727. The predicted molar refractivity (Wildman–Crippen MR) is 84.4 cm³/mol. The molecule has 2 unspecified atom stereocenters. The summed E-state index contributed by atoms with van der Waals surface area (Å²) < 4.78 is 0. The molecule has 2 atom stereocenters. The minimum atomic E-state index is -0.450. The number of rotatable bonds is 0. The summed E-state index contributed by atoms with van der Waals surface area (Å²) in [6, 6.07) is 8.07. The van der Waals surface area contributed by atoms with E-state index < -0.39 is 5.54 Å². The number of amides is 1. The summed E-state index contributed by atoms with van der Waals surface area (Å²) in [6.45, 7) is 2.23. The standard InChI is InChI=1S/C17H19N3O/c1-11-5-4-8-17(9-11)16(21)19-14-10-18-13-7-3-2-6-12(13)15(14)20-17/h2-3,6-7,10-11,20H,4-5,8-9H2,1H3,(H,19,21). The molecule has 1 amide bonds. The molecule has 1 fully saturated rings. The molecular weight excluding hydrogens is 262 g/mol. The molecule has 0 radical (unpaired) electrons. The van der Waals surface area contributed by atoms with Crippen molar-refractivity contribution in [2.75, 3.05) is 10.6 Å². The van der Waals surface area contributed by atoms with Crippen molar-refractivity contribution in [1.82, 2.24) is 4.98 Å². The van der Waals surface area contributed by atoms with Crippen molar-refractivity contribution in [3.63, 3.8) is 0 Å². The normalized spacial score (nSPS) is 28.0. The number of nitrogens with zero attached hydrogens (tertiary/aromatic N) is 1. The van der Waals surface area contributed by atoms with Crippen LogP contribution in [0.2, 0.25) is 0 Å². The number of carbonyl (C=O) groups is 1. The highest BCUT2D eigenvalue weighted by molar-refractivity contribution is 6.11. The van der Waals surface area contributed by atoms with Crippen LogP contribution in [0.1, 0.15) is 32.6 Å². The van der Waals surface area contributed by atoms with Crippen LogP contribution < -0.4 is 10.6 Å². The number of aromatic nitrogens is 1. The average molecular weight is 281 g/mol. The van der Waals surface area contributed by atoms with E-state index in [9.17, 15) is 4.79 Å². The first-order valence-corrected chi connectivity index (χ1v) is 7.65. The summed E-state index contributed by atoms with van der Waals surface area (Å²) in [6.07, 6.45) is 5.86. The lowest BCUT2D eigenvalue weighted by molar-refractivity contribution is -0.122. The van der Waals surface area contributed by atoms with Gasteiger partial charge in [0.25, 0.3) is 0 Å². The van der Waals surface area contributed by atoms with Crippen LogP contribution in [0.15, 0.2) is 30.5 Å². The highest BCUT2D eigenvalue weighted by Gasteiger charge is 2.45. The van der Waals surface area contributed by atoms with Crippen molar-refractivity contribution < 1.29 is 4.79 Å². The summed E-state index contributed by atoms with van der Waals surface area (Å²) in [7, 11) is 0.